The highest BCUT2D eigenvalue weighted by molar-refractivity contribution is 7.93. The Balaban J connectivity index is 2.20. The molecule has 0 spiro atoms. The van der Waals surface area contributed by atoms with E-state index in [9.17, 15) is 22.8 Å². The van der Waals surface area contributed by atoms with Crippen molar-refractivity contribution in [2.24, 2.45) is 5.92 Å². The molecule has 1 heterocycles. The van der Waals surface area contributed by atoms with E-state index < -0.39 is 45.3 Å². The molecule has 0 fully saturated rings. The molecule has 2 N–H and O–H groups in total. The van der Waals surface area contributed by atoms with E-state index in [0.29, 0.717) is 5.52 Å². The molecule has 2 rings (SSSR count). The fraction of sp³-hybridized carbons (Fsp3) is 0.440. The average molecular weight is 504 g/mol. The van der Waals surface area contributed by atoms with Crippen LogP contribution in [0.5, 0.6) is 0 Å². The predicted octanol–water partition coefficient (Wildman–Crippen LogP) is 2.76. The lowest BCUT2D eigenvalue weighted by atomic mass is 10.0. The summed E-state index contributed by atoms with van der Waals surface area (Å²) in [6.07, 6.45) is 1.95. The topological polar surface area (TPSA) is 132 Å². The van der Waals surface area contributed by atoms with Gasteiger partial charge in [0.2, 0.25) is 5.91 Å². The summed E-state index contributed by atoms with van der Waals surface area (Å²) in [4.78, 5) is 42.6. The monoisotopic (exact) mass is 503 g/mol. The summed E-state index contributed by atoms with van der Waals surface area (Å²) >= 11 is 0. The van der Waals surface area contributed by atoms with Crippen LogP contribution in [-0.2, 0) is 24.2 Å². The van der Waals surface area contributed by atoms with Crippen LogP contribution in [0.4, 0.5) is 0 Å². The first kappa shape index (κ1) is 28.0. The average Bonchev–Trinajstić information content (AvgIpc) is 2.73. The van der Waals surface area contributed by atoms with Crippen molar-refractivity contribution in [3.63, 3.8) is 0 Å². The lowest BCUT2D eigenvalue weighted by Gasteiger charge is -2.25. The zero-order valence-corrected chi connectivity index (χ0v) is 21.7. The molecule has 0 unspecified atom stereocenters. The second-order valence-corrected chi connectivity index (χ2v) is 11.6. The zero-order valence-electron chi connectivity index (χ0n) is 20.9. The molecule has 35 heavy (non-hydrogen) atoms. The van der Waals surface area contributed by atoms with Crippen LogP contribution in [0.1, 0.15) is 51.5 Å². The van der Waals surface area contributed by atoms with Crippen LogP contribution in [0.15, 0.2) is 47.9 Å². The van der Waals surface area contributed by atoms with E-state index in [1.165, 1.54) is 6.08 Å². The van der Waals surface area contributed by atoms with Crippen LogP contribution in [0.3, 0.4) is 0 Å². The second-order valence-electron chi connectivity index (χ2n) is 9.65. The fourth-order valence-corrected chi connectivity index (χ4v) is 3.66. The minimum atomic E-state index is -3.50. The molecule has 0 saturated carbocycles. The molecule has 0 aliphatic carbocycles. The lowest BCUT2D eigenvalue weighted by molar-refractivity contribution is -0.155. The number of sulfone groups is 1. The van der Waals surface area contributed by atoms with Crippen LogP contribution in [0, 0.1) is 5.92 Å². The van der Waals surface area contributed by atoms with Gasteiger partial charge in [-0.1, -0.05) is 44.2 Å². The highest BCUT2D eigenvalue weighted by Gasteiger charge is 2.28. The Morgan fingerprint density at radius 2 is 1.71 bits per heavy atom. The van der Waals surface area contributed by atoms with Crippen LogP contribution < -0.4 is 10.6 Å². The number of esters is 1. The summed E-state index contributed by atoms with van der Waals surface area (Å²) < 4.78 is 28.5. The van der Waals surface area contributed by atoms with Crippen molar-refractivity contribution in [3.05, 3.63) is 53.6 Å². The number of para-hydroxylation sites is 1. The molecular formula is C25H33N3O6S. The van der Waals surface area contributed by atoms with Gasteiger partial charge in [0.1, 0.15) is 17.3 Å². The van der Waals surface area contributed by atoms with Crippen LogP contribution in [0.2, 0.25) is 0 Å². The Morgan fingerprint density at radius 1 is 1.06 bits per heavy atom. The molecule has 0 bridgehead atoms. The molecular weight excluding hydrogens is 470 g/mol. The van der Waals surface area contributed by atoms with Crippen molar-refractivity contribution in [1.29, 1.82) is 0 Å². The molecule has 190 valence electrons. The number of fused-ring (bicyclic) bond motifs is 1. The van der Waals surface area contributed by atoms with E-state index in [1.807, 2.05) is 18.2 Å². The van der Waals surface area contributed by atoms with E-state index in [0.717, 1.165) is 17.1 Å². The van der Waals surface area contributed by atoms with Gasteiger partial charge in [0.05, 0.1) is 18.0 Å². The van der Waals surface area contributed by atoms with Crippen molar-refractivity contribution in [2.75, 3.05) is 6.26 Å². The molecule has 0 aliphatic heterocycles. The summed E-state index contributed by atoms with van der Waals surface area (Å²) in [5, 5.41) is 7.14. The maximum Gasteiger partial charge on any atom is 0.308 e. The lowest BCUT2D eigenvalue weighted by Crippen LogP contribution is -2.52. The molecule has 0 saturated heterocycles. The number of ether oxygens (including phenoxy) is 1. The van der Waals surface area contributed by atoms with E-state index in [4.69, 9.17) is 4.74 Å². The number of pyridine rings is 1. The Morgan fingerprint density at radius 3 is 2.31 bits per heavy atom. The number of aromatic nitrogens is 1. The van der Waals surface area contributed by atoms with Gasteiger partial charge in [-0.2, -0.15) is 0 Å². The third-order valence-corrected chi connectivity index (χ3v) is 5.41. The van der Waals surface area contributed by atoms with Gasteiger partial charge in [-0.15, -0.1) is 0 Å². The molecule has 2 amide bonds. The van der Waals surface area contributed by atoms with Crippen molar-refractivity contribution < 1.29 is 27.5 Å². The van der Waals surface area contributed by atoms with Crippen LogP contribution in [0.25, 0.3) is 10.9 Å². The molecule has 10 heteroatoms. The Labute approximate surface area is 206 Å². The number of benzene rings is 1. The summed E-state index contributed by atoms with van der Waals surface area (Å²) in [6.45, 7) is 8.63. The van der Waals surface area contributed by atoms with Gasteiger partial charge in [0.25, 0.3) is 5.91 Å². The Hall–Kier alpha value is -3.27. The molecule has 0 radical (unpaired) electrons. The van der Waals surface area contributed by atoms with Crippen molar-refractivity contribution in [3.8, 4) is 0 Å². The first-order valence-corrected chi connectivity index (χ1v) is 13.2. The van der Waals surface area contributed by atoms with Gasteiger partial charge in [0.15, 0.2) is 9.84 Å². The standard InChI is InChI=1S/C25H33N3O6S/c1-16(2)22(28-23(30)20-12-11-17-9-7-8-10-19(17)27-20)24(31)26-18(13-14-35(6,32)33)15-21(29)34-25(3,4)5/h7-14,16,18,22H,15H2,1-6H3,(H,26,31)(H,28,30)/t18-,22-/m1/s1. The molecule has 2 aromatic rings. The van der Waals surface area contributed by atoms with E-state index in [2.05, 4.69) is 15.6 Å². The summed E-state index contributed by atoms with van der Waals surface area (Å²) in [6, 6.07) is 8.79. The quantitative estimate of drug-likeness (QED) is 0.503. The number of nitrogens with one attached hydrogen (secondary N) is 2. The van der Waals surface area contributed by atoms with E-state index >= 15 is 0 Å². The Kier molecular flexibility index (Phi) is 9.14. The number of amides is 2. The van der Waals surface area contributed by atoms with Gasteiger partial charge in [-0.3, -0.25) is 14.4 Å². The van der Waals surface area contributed by atoms with Gasteiger partial charge in [-0.05, 0) is 38.8 Å². The summed E-state index contributed by atoms with van der Waals surface area (Å²) in [7, 11) is -3.50. The van der Waals surface area contributed by atoms with Crippen molar-refractivity contribution in [1.82, 2.24) is 15.6 Å². The van der Waals surface area contributed by atoms with Crippen molar-refractivity contribution >= 4 is 38.5 Å². The number of hydrogen-bond donors (Lipinski definition) is 2. The van der Waals surface area contributed by atoms with Crippen molar-refractivity contribution in [2.45, 2.75) is 58.7 Å². The summed E-state index contributed by atoms with van der Waals surface area (Å²) in [5.74, 6) is -2.01. The largest absolute Gasteiger partial charge is 0.460 e. The smallest absolute Gasteiger partial charge is 0.308 e. The fourth-order valence-electron chi connectivity index (χ4n) is 3.18. The molecule has 2 atom stereocenters. The van der Waals surface area contributed by atoms with E-state index in [1.54, 1.807) is 52.8 Å². The highest BCUT2D eigenvalue weighted by Crippen LogP contribution is 2.14. The number of rotatable bonds is 9. The van der Waals surface area contributed by atoms with Gasteiger partial charge in [0, 0.05) is 17.1 Å². The maximum absolute atomic E-state index is 13.1. The first-order chi connectivity index (χ1) is 16.1. The third-order valence-electron chi connectivity index (χ3n) is 4.76. The van der Waals surface area contributed by atoms with E-state index in [-0.39, 0.29) is 18.0 Å². The summed E-state index contributed by atoms with van der Waals surface area (Å²) in [5.41, 5.74) is 0.0616. The predicted molar refractivity (Wildman–Crippen MR) is 134 cm³/mol. The Bertz CT molecular complexity index is 1220. The molecule has 1 aromatic carbocycles. The molecule has 9 nitrogen and oxygen atoms in total. The number of nitrogens with zero attached hydrogens (tertiary/aromatic N) is 1. The highest BCUT2D eigenvalue weighted by atomic mass is 32.2. The molecule has 0 aliphatic rings. The van der Waals surface area contributed by atoms with Gasteiger partial charge >= 0.3 is 5.97 Å². The SMILES string of the molecule is CC(C)[C@@H](NC(=O)c1ccc2ccccc2n1)C(=O)N[C@H](C=CS(C)(=O)=O)CC(=O)OC(C)(C)C. The first-order valence-electron chi connectivity index (χ1n) is 11.2. The normalized spacial score (nSPS) is 14.0. The maximum atomic E-state index is 13.1. The van der Waals surface area contributed by atoms with Gasteiger partial charge in [-0.25, -0.2) is 13.4 Å². The number of hydrogen-bond acceptors (Lipinski definition) is 7. The zero-order chi connectivity index (χ0) is 26.4. The minimum absolute atomic E-state index is 0.157. The second kappa shape index (κ2) is 11.4. The number of carbonyl (C=O) groups excluding carboxylic acids is 3. The molecule has 1 aromatic heterocycles. The number of carbonyl (C=O) groups is 3. The van der Waals surface area contributed by atoms with Crippen LogP contribution >= 0.6 is 0 Å². The van der Waals surface area contributed by atoms with Crippen LogP contribution in [-0.4, -0.2) is 55.1 Å². The van der Waals surface area contributed by atoms with Gasteiger partial charge < -0.3 is 15.4 Å². The third kappa shape index (κ3) is 9.48. The minimum Gasteiger partial charge on any atom is -0.460 e.